The summed E-state index contributed by atoms with van der Waals surface area (Å²) in [6.07, 6.45) is -25.2. The van der Waals surface area contributed by atoms with Gasteiger partial charge in [-0.25, -0.2) is 17.6 Å². The zero-order valence-corrected chi connectivity index (χ0v) is 34.6. The molecule has 0 aliphatic heterocycles. The van der Waals surface area contributed by atoms with Crippen molar-refractivity contribution < 1.29 is 79.8 Å². The molecule has 0 unspecified atom stereocenters. The van der Waals surface area contributed by atoms with E-state index in [0.29, 0.717) is 0 Å². The standard InChI is InChI=1S/C17H10Br2F8N2O.C16H8Br2F8N2O/c1-28-11-4-2-3-8(12(11)20)14(30)29-13-9(18)5-7(6-10(13)19)15(21,16(22,23)24)17(25,26)27;17-8-4-6(14(20,15(21,22)23)16(24,25)26)5-9(18)12(8)28-13(29)7-2-1-3-10(27)11(7)19/h2-6,28H,1H3,(H,29,30);1-5H,27H2,(H,28,29). The number of nitrogens with two attached hydrogens (primary N) is 1. The molecule has 0 heterocycles. The molecule has 0 atom stereocenters. The minimum Gasteiger partial charge on any atom is -0.396 e. The average Bonchev–Trinajstić information content (AvgIpc) is 3.09. The third-order valence-corrected chi connectivity index (χ3v) is 10.2. The molecule has 59 heavy (non-hydrogen) atoms. The molecule has 0 aliphatic rings. The fraction of sp³-hybridized carbons (Fsp3) is 0.212. The van der Waals surface area contributed by atoms with Gasteiger partial charge in [0.25, 0.3) is 11.8 Å². The highest BCUT2D eigenvalue weighted by Crippen LogP contribution is 2.56. The van der Waals surface area contributed by atoms with Gasteiger partial charge < -0.3 is 21.7 Å². The van der Waals surface area contributed by atoms with Crippen LogP contribution in [-0.2, 0) is 11.3 Å². The Labute approximate surface area is 353 Å². The molecule has 0 spiro atoms. The van der Waals surface area contributed by atoms with Gasteiger partial charge in [0.05, 0.1) is 33.9 Å². The highest BCUT2D eigenvalue weighted by molar-refractivity contribution is 9.11. The summed E-state index contributed by atoms with van der Waals surface area (Å²) in [7, 11) is 1.40. The SMILES string of the molecule is CNc1cccc(C(=O)Nc2c(Br)cc(C(F)(C(F)(F)F)C(F)(F)F)cc2Br)c1F.Nc1cccc(C(=O)Nc2c(Br)cc(C(F)(C(F)(F)F)C(F)(F)F)cc2Br)c1F. The molecule has 4 rings (SSSR count). The fourth-order valence-corrected chi connectivity index (χ4v) is 7.52. The summed E-state index contributed by atoms with van der Waals surface area (Å²) in [5.74, 6) is -4.15. The molecule has 0 saturated heterocycles. The van der Waals surface area contributed by atoms with Crippen LogP contribution in [0.5, 0.6) is 0 Å². The monoisotopic (exact) mass is 1120 g/mol. The molecular formula is C33H18Br4F16N4O2. The van der Waals surface area contributed by atoms with Crippen LogP contribution in [-0.4, -0.2) is 43.6 Å². The Balaban J connectivity index is 0.000000316. The zero-order valence-electron chi connectivity index (χ0n) is 28.2. The van der Waals surface area contributed by atoms with Crippen LogP contribution in [0.4, 0.5) is 93.0 Å². The number of anilines is 4. The molecule has 2 amide bonds. The lowest BCUT2D eigenvalue weighted by Gasteiger charge is -2.31. The van der Waals surface area contributed by atoms with Crippen LogP contribution in [0, 0.1) is 11.6 Å². The van der Waals surface area contributed by atoms with Gasteiger partial charge in [-0.15, -0.1) is 0 Å². The van der Waals surface area contributed by atoms with E-state index in [1.807, 2.05) is 0 Å². The normalized spacial score (nSPS) is 12.7. The van der Waals surface area contributed by atoms with Crippen LogP contribution in [0.2, 0.25) is 0 Å². The Morgan fingerprint density at radius 2 is 0.831 bits per heavy atom. The van der Waals surface area contributed by atoms with Crippen molar-refractivity contribution in [1.29, 1.82) is 0 Å². The molecule has 0 bridgehead atoms. The van der Waals surface area contributed by atoms with Gasteiger partial charge in [0.15, 0.2) is 11.6 Å². The largest absolute Gasteiger partial charge is 0.435 e. The van der Waals surface area contributed by atoms with Crippen LogP contribution >= 0.6 is 63.7 Å². The number of rotatable bonds is 7. The summed E-state index contributed by atoms with van der Waals surface area (Å²) < 4.78 is 210. The van der Waals surface area contributed by atoms with E-state index in [-0.39, 0.29) is 47.0 Å². The van der Waals surface area contributed by atoms with Crippen molar-refractivity contribution in [2.75, 3.05) is 28.7 Å². The molecule has 0 fully saturated rings. The number of hydrogen-bond acceptors (Lipinski definition) is 4. The maximum Gasteiger partial charge on any atom is 0.435 e. The number of amides is 2. The lowest BCUT2D eigenvalue weighted by atomic mass is 9.94. The van der Waals surface area contributed by atoms with E-state index in [4.69, 9.17) is 5.73 Å². The molecule has 0 aliphatic carbocycles. The summed E-state index contributed by atoms with van der Waals surface area (Å²) in [4.78, 5) is 24.6. The predicted octanol–water partition coefficient (Wildman–Crippen LogP) is 13.4. The molecule has 0 radical (unpaired) electrons. The van der Waals surface area contributed by atoms with E-state index >= 15 is 0 Å². The fourth-order valence-electron chi connectivity index (χ4n) is 4.75. The second-order valence-corrected chi connectivity index (χ2v) is 14.9. The Morgan fingerprint density at radius 3 is 1.14 bits per heavy atom. The minimum absolute atomic E-state index is 0.0197. The van der Waals surface area contributed by atoms with Gasteiger partial charge in [0.1, 0.15) is 0 Å². The Kier molecular flexibility index (Phi) is 14.9. The first-order valence-electron chi connectivity index (χ1n) is 15.0. The van der Waals surface area contributed by atoms with Crippen molar-refractivity contribution in [3.63, 3.8) is 0 Å². The van der Waals surface area contributed by atoms with Crippen LogP contribution in [0.15, 0.2) is 78.6 Å². The van der Waals surface area contributed by atoms with Gasteiger partial charge >= 0.3 is 36.0 Å². The van der Waals surface area contributed by atoms with E-state index in [9.17, 15) is 79.8 Å². The Hall–Kier alpha value is -3.78. The molecule has 26 heteroatoms. The maximum atomic E-state index is 14.3. The van der Waals surface area contributed by atoms with E-state index < -0.39 is 99.6 Å². The molecule has 0 saturated carbocycles. The van der Waals surface area contributed by atoms with Gasteiger partial charge in [0.2, 0.25) is 0 Å². The first-order chi connectivity index (χ1) is 26.8. The van der Waals surface area contributed by atoms with Crippen molar-refractivity contribution in [3.05, 3.63) is 112 Å². The number of halogens is 20. The first-order valence-corrected chi connectivity index (χ1v) is 18.2. The summed E-state index contributed by atoms with van der Waals surface area (Å²) in [5, 5.41) is 6.76. The van der Waals surface area contributed by atoms with Crippen molar-refractivity contribution in [2.24, 2.45) is 0 Å². The number of hydrogen-bond donors (Lipinski definition) is 4. The van der Waals surface area contributed by atoms with Crippen molar-refractivity contribution in [3.8, 4) is 0 Å². The van der Waals surface area contributed by atoms with Crippen LogP contribution in [0.3, 0.4) is 0 Å². The Morgan fingerprint density at radius 1 is 0.525 bits per heavy atom. The number of carbonyl (C=O) groups excluding carboxylic acids is 2. The van der Waals surface area contributed by atoms with Gasteiger partial charge in [-0.3, -0.25) is 9.59 Å². The van der Waals surface area contributed by atoms with E-state index in [0.717, 1.165) is 12.1 Å². The number of benzene rings is 4. The predicted molar refractivity (Wildman–Crippen MR) is 196 cm³/mol. The number of carbonyl (C=O) groups is 2. The van der Waals surface area contributed by atoms with Crippen molar-refractivity contribution in [2.45, 2.75) is 36.0 Å². The lowest BCUT2D eigenvalue weighted by Crippen LogP contribution is -2.50. The molecule has 4 aromatic carbocycles. The first kappa shape index (κ1) is 49.6. The molecule has 5 N–H and O–H groups in total. The second kappa shape index (κ2) is 17.7. The summed E-state index contributed by atoms with van der Waals surface area (Å²) in [5.41, 5.74) is -11.6. The summed E-state index contributed by atoms with van der Waals surface area (Å²) in [6, 6.07) is 8.19. The van der Waals surface area contributed by atoms with Gasteiger partial charge in [-0.1, -0.05) is 12.1 Å². The number of nitrogens with one attached hydrogen (secondary N) is 3. The molecule has 0 aromatic heterocycles. The van der Waals surface area contributed by atoms with Gasteiger partial charge in [0, 0.05) is 36.1 Å². The number of alkyl halides is 14. The highest BCUT2D eigenvalue weighted by atomic mass is 79.9. The summed E-state index contributed by atoms with van der Waals surface area (Å²) in [6.45, 7) is 0. The maximum absolute atomic E-state index is 14.3. The van der Waals surface area contributed by atoms with E-state index in [1.165, 1.54) is 31.3 Å². The molecule has 4 aromatic rings. The van der Waals surface area contributed by atoms with Crippen molar-refractivity contribution >= 4 is 98.3 Å². The van der Waals surface area contributed by atoms with Gasteiger partial charge in [-0.05, 0) is 112 Å². The summed E-state index contributed by atoms with van der Waals surface area (Å²) >= 11 is 10.8. The van der Waals surface area contributed by atoms with E-state index in [2.05, 4.69) is 79.7 Å². The third kappa shape index (κ3) is 9.90. The molecule has 6 nitrogen and oxygen atoms in total. The topological polar surface area (TPSA) is 96.2 Å². The molecule has 322 valence electrons. The molecular weight excluding hydrogens is 1110 g/mol. The highest BCUT2D eigenvalue weighted by Gasteiger charge is 2.74. The average molecular weight is 1130 g/mol. The van der Waals surface area contributed by atoms with Crippen LogP contribution in [0.1, 0.15) is 31.8 Å². The Bertz CT molecular complexity index is 2170. The van der Waals surface area contributed by atoms with Crippen LogP contribution in [0.25, 0.3) is 0 Å². The lowest BCUT2D eigenvalue weighted by molar-refractivity contribution is -0.349. The zero-order chi connectivity index (χ0) is 45.4. The van der Waals surface area contributed by atoms with Gasteiger partial charge in [-0.2, -0.15) is 52.7 Å². The smallest absolute Gasteiger partial charge is 0.396 e. The second-order valence-electron chi connectivity index (χ2n) is 11.5. The number of nitrogen functional groups attached to an aromatic ring is 1. The quantitative estimate of drug-likeness (QED) is 0.110. The minimum atomic E-state index is -6.31. The van der Waals surface area contributed by atoms with E-state index in [1.54, 1.807) is 0 Å². The van der Waals surface area contributed by atoms with Crippen molar-refractivity contribution in [1.82, 2.24) is 0 Å². The van der Waals surface area contributed by atoms with Crippen LogP contribution < -0.4 is 21.7 Å². The third-order valence-electron chi connectivity index (χ3n) is 7.71.